The minimum atomic E-state index is -4.26. The van der Waals surface area contributed by atoms with Crippen LogP contribution < -0.4 is 16.3 Å². The van der Waals surface area contributed by atoms with Crippen molar-refractivity contribution in [3.05, 3.63) is 76.5 Å². The number of nitrogens with zero attached hydrogens (tertiary/aromatic N) is 8. The molecule has 354 valence electrons. The third-order valence-electron chi connectivity index (χ3n) is 14.1. The number of aliphatic hydroxyl groups excluding tert-OH is 1. The number of likely N-dealkylation sites (tertiary alicyclic amines) is 1. The van der Waals surface area contributed by atoms with Crippen molar-refractivity contribution in [2.75, 3.05) is 70.9 Å². The average Bonchev–Trinajstić information content (AvgIpc) is 4.00. The van der Waals surface area contributed by atoms with Crippen LogP contribution in [0.3, 0.4) is 0 Å². The summed E-state index contributed by atoms with van der Waals surface area (Å²) in [5.41, 5.74) is 6.26. The van der Waals surface area contributed by atoms with E-state index in [4.69, 9.17) is 9.72 Å². The van der Waals surface area contributed by atoms with Crippen LogP contribution in [0.25, 0.3) is 33.2 Å². The zero-order chi connectivity index (χ0) is 46.0. The van der Waals surface area contributed by atoms with Gasteiger partial charge in [-0.3, -0.25) is 38.7 Å². The van der Waals surface area contributed by atoms with Crippen LogP contribution in [-0.4, -0.2) is 139 Å². The second kappa shape index (κ2) is 20.0. The Kier molecular flexibility index (Phi) is 13.9. The first-order valence-corrected chi connectivity index (χ1v) is 23.6. The number of halogens is 3. The summed E-state index contributed by atoms with van der Waals surface area (Å²) in [4.78, 5) is 54.1. The van der Waals surface area contributed by atoms with Gasteiger partial charge >= 0.3 is 11.9 Å². The molecule has 3 N–H and O–H groups in total. The number of piperazine rings is 1. The van der Waals surface area contributed by atoms with Crippen LogP contribution in [0, 0.1) is 0 Å². The van der Waals surface area contributed by atoms with Crippen molar-refractivity contribution in [3.8, 4) is 11.1 Å². The van der Waals surface area contributed by atoms with Gasteiger partial charge in [0, 0.05) is 108 Å². The summed E-state index contributed by atoms with van der Waals surface area (Å²) in [6, 6.07) is 14.6. The third kappa shape index (κ3) is 10.5. The molecule has 9 rings (SSSR count). The summed E-state index contributed by atoms with van der Waals surface area (Å²) in [6.07, 6.45) is 4.63. The molecule has 4 aliphatic rings. The second-order valence-electron chi connectivity index (χ2n) is 18.6. The molecule has 2 unspecified atom stereocenters. The number of aryl methyl sites for hydroxylation is 2. The van der Waals surface area contributed by atoms with E-state index in [1.165, 1.54) is 10.1 Å². The molecule has 66 heavy (non-hydrogen) atoms. The van der Waals surface area contributed by atoms with E-state index in [2.05, 4.69) is 65.3 Å². The van der Waals surface area contributed by atoms with E-state index in [-0.39, 0.29) is 42.7 Å². The van der Waals surface area contributed by atoms with E-state index in [1.807, 2.05) is 18.2 Å². The largest absolute Gasteiger partial charge is 0.393 e. The molecule has 0 spiro atoms. The number of carbonyl (C=O) groups is 2. The van der Waals surface area contributed by atoms with Crippen molar-refractivity contribution >= 4 is 39.8 Å². The van der Waals surface area contributed by atoms with Crippen LogP contribution in [-0.2, 0) is 34.3 Å². The van der Waals surface area contributed by atoms with Gasteiger partial charge in [-0.05, 0) is 86.7 Å². The van der Waals surface area contributed by atoms with Gasteiger partial charge in [-0.1, -0.05) is 30.3 Å². The van der Waals surface area contributed by atoms with E-state index in [0.29, 0.717) is 49.7 Å². The molecule has 2 aromatic carbocycles. The van der Waals surface area contributed by atoms with Crippen LogP contribution in [0.2, 0.25) is 0 Å². The quantitative estimate of drug-likeness (QED) is 0.0861. The summed E-state index contributed by atoms with van der Waals surface area (Å²) >= 11 is 0. The Hall–Kier alpha value is -5.14. The number of anilines is 1. The number of rotatable bonds is 16. The molecule has 2 atom stereocenters. The lowest BCUT2D eigenvalue weighted by Crippen LogP contribution is -2.50. The molecule has 1 aliphatic carbocycles. The predicted molar refractivity (Wildman–Crippen MR) is 245 cm³/mol. The molecular formula is C48H61F3N10O5. The number of alkyl halides is 3. The Bertz CT molecular complexity index is 2560. The van der Waals surface area contributed by atoms with Crippen molar-refractivity contribution < 1.29 is 32.6 Å². The van der Waals surface area contributed by atoms with Crippen molar-refractivity contribution in [2.45, 2.75) is 101 Å². The molecule has 6 heterocycles. The number of imidazole rings is 1. The highest BCUT2D eigenvalue weighted by atomic mass is 19.4. The Morgan fingerprint density at radius 2 is 1.65 bits per heavy atom. The number of carbonyl (C=O) groups excluding carboxylic acids is 2. The van der Waals surface area contributed by atoms with Crippen molar-refractivity contribution in [1.82, 2.24) is 43.7 Å². The summed E-state index contributed by atoms with van der Waals surface area (Å²) in [7, 11) is 1.72. The zero-order valence-electron chi connectivity index (χ0n) is 37.6. The minimum absolute atomic E-state index is 0.136. The highest BCUT2D eigenvalue weighted by molar-refractivity contribution is 6.00. The van der Waals surface area contributed by atoms with Crippen LogP contribution in [0.4, 0.5) is 19.1 Å². The Morgan fingerprint density at radius 1 is 0.879 bits per heavy atom. The minimum Gasteiger partial charge on any atom is -0.393 e. The summed E-state index contributed by atoms with van der Waals surface area (Å²) in [6.45, 7) is 9.07. The van der Waals surface area contributed by atoms with Gasteiger partial charge in [-0.15, -0.1) is 0 Å². The third-order valence-corrected chi connectivity index (χ3v) is 14.1. The lowest BCUT2D eigenvalue weighted by molar-refractivity contribution is -0.136. The number of imide groups is 1. The fraction of sp³-hybridized carbons (Fsp3) is 0.562. The van der Waals surface area contributed by atoms with Gasteiger partial charge in [-0.25, -0.2) is 9.78 Å². The molecule has 3 aliphatic heterocycles. The highest BCUT2D eigenvalue weighted by Crippen LogP contribution is 2.37. The van der Waals surface area contributed by atoms with Gasteiger partial charge in [-0.2, -0.15) is 18.2 Å². The summed E-state index contributed by atoms with van der Waals surface area (Å²) in [5.74, 6) is -0.558. The Morgan fingerprint density at radius 3 is 2.41 bits per heavy atom. The van der Waals surface area contributed by atoms with Crippen LogP contribution in [0.1, 0.15) is 81.0 Å². The van der Waals surface area contributed by atoms with Gasteiger partial charge in [0.05, 0.1) is 30.2 Å². The van der Waals surface area contributed by atoms with E-state index >= 15 is 0 Å². The maximum Gasteiger partial charge on any atom is 0.390 e. The number of amides is 2. The Balaban J connectivity index is 0.708. The van der Waals surface area contributed by atoms with Crippen LogP contribution in [0.15, 0.2) is 59.7 Å². The smallest absolute Gasteiger partial charge is 0.390 e. The van der Waals surface area contributed by atoms with Crippen molar-refractivity contribution in [3.63, 3.8) is 0 Å². The first-order valence-electron chi connectivity index (χ1n) is 23.6. The standard InChI is InChI=1S/C48H61F3N10O5/c1-56-42-27-32(6-13-40(42)61(47(56)65)41-14-15-43(63)54-45(41)64)3-2-25-66-26-24-57-19-16-36(30-57)59-22-20-58(21-23-59)29-33-4-7-34(8-5-33)39-31-60(35-9-11-37(62)12-10-35)44-38(39)28-53-46(55-44)52-18-17-48(49,50)51/h4-8,13,27-28,31,35-37,41,62H,2-3,9-12,14-26,29-30H2,1H3,(H,52,53,55)(H,54,63,64). The number of nitrogens with one attached hydrogen (secondary N) is 2. The van der Waals surface area contributed by atoms with Crippen LogP contribution >= 0.6 is 0 Å². The SMILES string of the molecule is Cn1c(=O)n(C2CCC(=O)NC2=O)c2ccc(CCCOCCN3CCC(N4CCN(Cc5ccc(-c6cn(C7CCC(O)CC7)c7nc(NCCC(F)(F)F)ncc67)cc5)CC4)C3)cc21. The predicted octanol–water partition coefficient (Wildman–Crippen LogP) is 5.41. The molecule has 2 amide bonds. The van der Waals surface area contributed by atoms with Crippen LogP contribution in [0.5, 0.6) is 0 Å². The topological polar surface area (TPSA) is 155 Å². The lowest BCUT2D eigenvalue weighted by atomic mass is 9.93. The molecule has 0 bridgehead atoms. The van der Waals surface area contributed by atoms with E-state index < -0.39 is 24.5 Å². The number of aromatic nitrogens is 5. The molecule has 18 heteroatoms. The zero-order valence-corrected chi connectivity index (χ0v) is 37.6. The molecule has 3 saturated heterocycles. The van der Waals surface area contributed by atoms with Crippen molar-refractivity contribution in [2.24, 2.45) is 7.05 Å². The van der Waals surface area contributed by atoms with Gasteiger partial charge in [0.15, 0.2) is 0 Å². The number of benzene rings is 2. The van der Waals surface area contributed by atoms with E-state index in [9.17, 15) is 32.7 Å². The van der Waals surface area contributed by atoms with Gasteiger partial charge in [0.1, 0.15) is 11.7 Å². The lowest BCUT2D eigenvalue weighted by Gasteiger charge is -2.38. The molecular weight excluding hydrogens is 854 g/mol. The number of aliphatic hydroxyl groups is 1. The molecule has 4 fully saturated rings. The van der Waals surface area contributed by atoms with Gasteiger partial charge < -0.3 is 19.7 Å². The van der Waals surface area contributed by atoms with E-state index in [0.717, 1.165) is 112 Å². The summed E-state index contributed by atoms with van der Waals surface area (Å²) < 4.78 is 49.7. The number of ether oxygens (including phenoxy) is 1. The first kappa shape index (κ1) is 46.0. The van der Waals surface area contributed by atoms with Crippen molar-refractivity contribution in [1.29, 1.82) is 0 Å². The normalized spacial score (nSPS) is 22.7. The monoisotopic (exact) mass is 914 g/mol. The maximum atomic E-state index is 13.1. The highest BCUT2D eigenvalue weighted by Gasteiger charge is 2.33. The number of hydrogen-bond donors (Lipinski definition) is 3. The Labute approximate surface area is 381 Å². The molecule has 3 aromatic heterocycles. The summed E-state index contributed by atoms with van der Waals surface area (Å²) in [5, 5.41) is 16.1. The fourth-order valence-electron chi connectivity index (χ4n) is 10.4. The average molecular weight is 915 g/mol. The molecule has 1 saturated carbocycles. The molecule has 15 nitrogen and oxygen atoms in total. The number of hydrogen-bond acceptors (Lipinski definition) is 11. The maximum absolute atomic E-state index is 13.1. The fourth-order valence-corrected chi connectivity index (χ4v) is 10.4. The molecule has 5 aromatic rings. The van der Waals surface area contributed by atoms with Gasteiger partial charge in [0.2, 0.25) is 17.8 Å². The van der Waals surface area contributed by atoms with Gasteiger partial charge in [0.25, 0.3) is 0 Å². The van der Waals surface area contributed by atoms with E-state index in [1.54, 1.807) is 17.8 Å². The number of fused-ring (bicyclic) bond motifs is 2. The first-order chi connectivity index (χ1) is 31.9. The number of piperidine rings is 1. The molecule has 0 radical (unpaired) electrons. The second-order valence-corrected chi connectivity index (χ2v) is 18.6.